The summed E-state index contributed by atoms with van der Waals surface area (Å²) in [6.45, 7) is 2.01. The number of hydrogen-bond donors (Lipinski definition) is 2. The molecule has 0 aromatic carbocycles. The fraction of sp³-hybridized carbons (Fsp3) is 0.714. The number of nitrogens with zero attached hydrogens (tertiary/aromatic N) is 1. The molecule has 0 saturated heterocycles. The van der Waals surface area contributed by atoms with Crippen LogP contribution >= 0.6 is 11.3 Å². The Balaban J connectivity index is 1.48. The van der Waals surface area contributed by atoms with Crippen LogP contribution in [0.1, 0.15) is 30.6 Å². The minimum absolute atomic E-state index is 0.397. The first-order valence-corrected chi connectivity index (χ1v) is 9.91. The number of likely N-dealkylation sites (N-methyl/N-ethyl adjacent to an activating group) is 1. The highest BCUT2D eigenvalue weighted by atomic mass is 32.2. The van der Waals surface area contributed by atoms with Gasteiger partial charge in [0, 0.05) is 42.0 Å². The molecule has 2 fully saturated rings. The average Bonchev–Trinajstić information content (AvgIpc) is 3.35. The van der Waals surface area contributed by atoms with Crippen LogP contribution < -0.4 is 10.0 Å². The molecule has 3 rings (SSSR count). The highest BCUT2D eigenvalue weighted by Crippen LogP contribution is 2.25. The Hall–Kier alpha value is -0.470. The van der Waals surface area contributed by atoms with Gasteiger partial charge < -0.3 is 10.2 Å². The second kappa shape index (κ2) is 6.34. The normalized spacial score (nSPS) is 19.3. The monoisotopic (exact) mass is 329 g/mol. The molecule has 0 radical (unpaired) electrons. The fourth-order valence-corrected chi connectivity index (χ4v) is 4.51. The van der Waals surface area contributed by atoms with Crippen LogP contribution in [0.3, 0.4) is 0 Å². The van der Waals surface area contributed by atoms with E-state index in [4.69, 9.17) is 0 Å². The lowest BCUT2D eigenvalue weighted by Crippen LogP contribution is -2.33. The van der Waals surface area contributed by atoms with Gasteiger partial charge in [0.05, 0.1) is 4.90 Å². The molecule has 0 bridgehead atoms. The average molecular weight is 329 g/mol. The van der Waals surface area contributed by atoms with E-state index in [2.05, 4.69) is 22.0 Å². The molecular formula is C14H23N3O2S2. The van der Waals surface area contributed by atoms with Crippen LogP contribution in [0.25, 0.3) is 0 Å². The van der Waals surface area contributed by atoms with E-state index in [-0.39, 0.29) is 0 Å². The first-order chi connectivity index (χ1) is 10.0. The minimum Gasteiger partial charge on any atom is -0.309 e. The molecular weight excluding hydrogens is 306 g/mol. The Morgan fingerprint density at radius 1 is 1.33 bits per heavy atom. The zero-order valence-corrected chi connectivity index (χ0v) is 14.0. The number of nitrogens with one attached hydrogen (secondary N) is 2. The summed E-state index contributed by atoms with van der Waals surface area (Å²) in [5.74, 6) is 0. The number of rotatable bonds is 9. The summed E-state index contributed by atoms with van der Waals surface area (Å²) in [5.41, 5.74) is 0. The van der Waals surface area contributed by atoms with Crippen LogP contribution in [0.4, 0.5) is 0 Å². The maximum absolute atomic E-state index is 12.2. The van der Waals surface area contributed by atoms with E-state index >= 15 is 0 Å². The second-order valence-corrected chi connectivity index (χ2v) is 8.78. The van der Waals surface area contributed by atoms with Crippen molar-refractivity contribution in [1.82, 2.24) is 14.9 Å². The predicted octanol–water partition coefficient (Wildman–Crippen LogP) is 1.37. The molecule has 1 aromatic rings. The third-order valence-electron chi connectivity index (χ3n) is 4.01. The van der Waals surface area contributed by atoms with E-state index < -0.39 is 10.0 Å². The molecule has 0 aliphatic heterocycles. The van der Waals surface area contributed by atoms with E-state index in [9.17, 15) is 8.42 Å². The van der Waals surface area contributed by atoms with Crippen LogP contribution in [-0.2, 0) is 16.6 Å². The molecule has 0 amide bonds. The van der Waals surface area contributed by atoms with Crippen molar-refractivity contribution in [3.63, 3.8) is 0 Å². The van der Waals surface area contributed by atoms with Crippen molar-refractivity contribution in [1.29, 1.82) is 0 Å². The molecule has 2 aliphatic carbocycles. The van der Waals surface area contributed by atoms with E-state index in [0.717, 1.165) is 18.0 Å². The van der Waals surface area contributed by atoms with Gasteiger partial charge >= 0.3 is 0 Å². The quantitative estimate of drug-likeness (QED) is 0.718. The maximum atomic E-state index is 12.2. The lowest BCUT2D eigenvalue weighted by Gasteiger charge is -2.15. The molecule has 0 unspecified atom stereocenters. The summed E-state index contributed by atoms with van der Waals surface area (Å²) in [6.07, 6.45) is 4.97. The van der Waals surface area contributed by atoms with Crippen molar-refractivity contribution < 1.29 is 8.42 Å². The first-order valence-electron chi connectivity index (χ1n) is 7.55. The first kappa shape index (κ1) is 15.4. The topological polar surface area (TPSA) is 61.4 Å². The van der Waals surface area contributed by atoms with Gasteiger partial charge in [0.1, 0.15) is 0 Å². The van der Waals surface area contributed by atoms with E-state index in [1.54, 1.807) is 11.4 Å². The minimum atomic E-state index is -3.36. The van der Waals surface area contributed by atoms with Gasteiger partial charge in [0.2, 0.25) is 10.0 Å². The smallest absolute Gasteiger partial charge is 0.241 e. The van der Waals surface area contributed by atoms with Crippen molar-refractivity contribution in [3.8, 4) is 0 Å². The summed E-state index contributed by atoms with van der Waals surface area (Å²) in [4.78, 5) is 3.70. The Bertz CT molecular complexity index is 577. The Labute approximate surface area is 130 Å². The van der Waals surface area contributed by atoms with Crippen molar-refractivity contribution in [2.24, 2.45) is 0 Å². The summed E-state index contributed by atoms with van der Waals surface area (Å²) in [7, 11) is -1.30. The van der Waals surface area contributed by atoms with Gasteiger partial charge in [-0.05, 0) is 38.8 Å². The van der Waals surface area contributed by atoms with Crippen molar-refractivity contribution >= 4 is 21.4 Å². The van der Waals surface area contributed by atoms with Crippen LogP contribution in [0, 0.1) is 0 Å². The Morgan fingerprint density at radius 3 is 2.76 bits per heavy atom. The standard InChI is InChI=1S/C14H23N3O2S2/c1-17(12-4-5-12)7-6-16-21(18,19)14-8-13(20-10-14)9-15-11-2-3-11/h8,10-12,15-16H,2-7,9H2,1H3. The van der Waals surface area contributed by atoms with Gasteiger partial charge in [0.25, 0.3) is 0 Å². The molecule has 2 saturated carbocycles. The Kier molecular flexibility index (Phi) is 4.66. The molecule has 2 N–H and O–H groups in total. The molecule has 0 spiro atoms. The van der Waals surface area contributed by atoms with Gasteiger partial charge in [-0.1, -0.05) is 0 Å². The van der Waals surface area contributed by atoms with E-state index in [0.29, 0.717) is 23.5 Å². The van der Waals surface area contributed by atoms with E-state index in [1.165, 1.54) is 37.0 Å². The molecule has 118 valence electrons. The molecule has 21 heavy (non-hydrogen) atoms. The van der Waals surface area contributed by atoms with E-state index in [1.807, 2.05) is 0 Å². The highest BCUT2D eigenvalue weighted by Gasteiger charge is 2.26. The highest BCUT2D eigenvalue weighted by molar-refractivity contribution is 7.89. The van der Waals surface area contributed by atoms with Crippen molar-refractivity contribution in [3.05, 3.63) is 16.3 Å². The second-order valence-electron chi connectivity index (χ2n) is 6.01. The summed E-state index contributed by atoms with van der Waals surface area (Å²) >= 11 is 1.51. The van der Waals surface area contributed by atoms with Gasteiger partial charge in [-0.2, -0.15) is 0 Å². The largest absolute Gasteiger partial charge is 0.309 e. The SMILES string of the molecule is CN(CCNS(=O)(=O)c1csc(CNC2CC2)c1)C1CC1. The molecule has 5 nitrogen and oxygen atoms in total. The van der Waals surface area contributed by atoms with Crippen LogP contribution in [0.2, 0.25) is 0 Å². The molecule has 0 atom stereocenters. The molecule has 7 heteroatoms. The molecule has 1 heterocycles. The fourth-order valence-electron chi connectivity index (χ4n) is 2.26. The lowest BCUT2D eigenvalue weighted by atomic mass is 10.4. The third-order valence-corrected chi connectivity index (χ3v) is 6.54. The number of thiophene rings is 1. The number of sulfonamides is 1. The Morgan fingerprint density at radius 2 is 2.10 bits per heavy atom. The predicted molar refractivity (Wildman–Crippen MR) is 85.0 cm³/mol. The van der Waals surface area contributed by atoms with Gasteiger partial charge in [-0.3, -0.25) is 0 Å². The van der Waals surface area contributed by atoms with Gasteiger partial charge in [-0.15, -0.1) is 11.3 Å². The van der Waals surface area contributed by atoms with Gasteiger partial charge in [-0.25, -0.2) is 13.1 Å². The van der Waals surface area contributed by atoms with Crippen molar-refractivity contribution in [2.45, 2.75) is 49.2 Å². The van der Waals surface area contributed by atoms with Crippen molar-refractivity contribution in [2.75, 3.05) is 20.1 Å². The summed E-state index contributed by atoms with van der Waals surface area (Å²) in [6, 6.07) is 3.09. The summed E-state index contributed by atoms with van der Waals surface area (Å²) < 4.78 is 27.1. The number of hydrogen-bond acceptors (Lipinski definition) is 5. The molecule has 2 aliphatic rings. The van der Waals surface area contributed by atoms with Crippen LogP contribution in [-0.4, -0.2) is 45.5 Å². The van der Waals surface area contributed by atoms with Crippen LogP contribution in [0.15, 0.2) is 16.3 Å². The maximum Gasteiger partial charge on any atom is 0.241 e. The summed E-state index contributed by atoms with van der Waals surface area (Å²) in [5, 5.41) is 5.14. The third kappa shape index (κ3) is 4.50. The lowest BCUT2D eigenvalue weighted by molar-refractivity contribution is 0.329. The van der Waals surface area contributed by atoms with Crippen LogP contribution in [0.5, 0.6) is 0 Å². The molecule has 1 aromatic heterocycles. The van der Waals surface area contributed by atoms with Gasteiger partial charge in [0.15, 0.2) is 0 Å². The zero-order valence-electron chi connectivity index (χ0n) is 12.3. The zero-order chi connectivity index (χ0) is 14.9.